The predicted octanol–water partition coefficient (Wildman–Crippen LogP) is 1.69. The summed E-state index contributed by atoms with van der Waals surface area (Å²) < 4.78 is 10.0. The Balaban J connectivity index is 2.49. The average Bonchev–Trinajstić information content (AvgIpc) is 2.43. The standard InChI is InChI=1S/C15H21NO4/c1-10(2)14(15(18)19-4)16-13(17)9-20-12-7-5-11(3)6-8-12/h5-8,10,14H,9H2,1-4H3,(H,16,17). The summed E-state index contributed by atoms with van der Waals surface area (Å²) in [6.45, 7) is 5.51. The Kier molecular flexibility index (Phi) is 6.03. The lowest BCUT2D eigenvalue weighted by atomic mass is 10.0. The number of nitrogens with one attached hydrogen (secondary N) is 1. The Bertz CT molecular complexity index is 453. The van der Waals surface area contributed by atoms with Gasteiger partial charge in [-0.3, -0.25) is 4.79 Å². The highest BCUT2D eigenvalue weighted by molar-refractivity contribution is 5.85. The molecule has 20 heavy (non-hydrogen) atoms. The largest absolute Gasteiger partial charge is 0.484 e. The summed E-state index contributed by atoms with van der Waals surface area (Å²) in [4.78, 5) is 23.3. The minimum atomic E-state index is -0.658. The number of esters is 1. The first-order valence-corrected chi connectivity index (χ1v) is 6.50. The van der Waals surface area contributed by atoms with Crippen LogP contribution in [0.25, 0.3) is 0 Å². The van der Waals surface area contributed by atoms with E-state index < -0.39 is 12.0 Å². The molecule has 0 spiro atoms. The number of carbonyl (C=O) groups is 2. The van der Waals surface area contributed by atoms with Crippen molar-refractivity contribution < 1.29 is 19.1 Å². The van der Waals surface area contributed by atoms with Crippen molar-refractivity contribution in [2.45, 2.75) is 26.8 Å². The molecule has 1 unspecified atom stereocenters. The van der Waals surface area contributed by atoms with E-state index >= 15 is 0 Å². The molecule has 1 N–H and O–H groups in total. The van der Waals surface area contributed by atoms with Crippen molar-refractivity contribution in [3.63, 3.8) is 0 Å². The van der Waals surface area contributed by atoms with Crippen LogP contribution >= 0.6 is 0 Å². The van der Waals surface area contributed by atoms with Crippen LogP contribution in [0, 0.1) is 12.8 Å². The molecule has 1 amide bonds. The number of hydrogen-bond donors (Lipinski definition) is 1. The molecule has 0 aliphatic rings. The molecule has 0 aromatic heterocycles. The number of ether oxygens (including phenoxy) is 2. The molecule has 1 aromatic carbocycles. The van der Waals surface area contributed by atoms with Crippen molar-refractivity contribution in [2.75, 3.05) is 13.7 Å². The van der Waals surface area contributed by atoms with Crippen LogP contribution in [-0.4, -0.2) is 31.6 Å². The lowest BCUT2D eigenvalue weighted by Crippen LogP contribution is -2.46. The van der Waals surface area contributed by atoms with Gasteiger partial charge in [-0.2, -0.15) is 0 Å². The topological polar surface area (TPSA) is 64.6 Å². The van der Waals surface area contributed by atoms with Crippen molar-refractivity contribution in [1.82, 2.24) is 5.32 Å². The number of amides is 1. The predicted molar refractivity (Wildman–Crippen MR) is 75.5 cm³/mol. The van der Waals surface area contributed by atoms with Gasteiger partial charge in [0.2, 0.25) is 0 Å². The zero-order valence-corrected chi connectivity index (χ0v) is 12.3. The number of hydrogen-bond acceptors (Lipinski definition) is 4. The molecule has 0 saturated heterocycles. The molecule has 0 aliphatic heterocycles. The van der Waals surface area contributed by atoms with Crippen molar-refractivity contribution >= 4 is 11.9 Å². The number of carbonyl (C=O) groups excluding carboxylic acids is 2. The molecule has 1 rings (SSSR count). The van der Waals surface area contributed by atoms with Gasteiger partial charge in [-0.15, -0.1) is 0 Å². The smallest absolute Gasteiger partial charge is 0.328 e. The van der Waals surface area contributed by atoms with Gasteiger partial charge in [0, 0.05) is 0 Å². The quantitative estimate of drug-likeness (QED) is 0.805. The number of rotatable bonds is 6. The number of methoxy groups -OCH3 is 1. The molecule has 110 valence electrons. The highest BCUT2D eigenvalue weighted by Crippen LogP contribution is 2.11. The Morgan fingerprint density at radius 3 is 2.30 bits per heavy atom. The van der Waals surface area contributed by atoms with Gasteiger partial charge >= 0.3 is 5.97 Å². The summed E-state index contributed by atoms with van der Waals surface area (Å²) in [5.74, 6) is -0.242. The van der Waals surface area contributed by atoms with Crippen LogP contribution in [0.2, 0.25) is 0 Å². The Morgan fingerprint density at radius 2 is 1.80 bits per heavy atom. The maximum Gasteiger partial charge on any atom is 0.328 e. The summed E-state index contributed by atoms with van der Waals surface area (Å²) in [5.41, 5.74) is 1.12. The molecule has 0 radical (unpaired) electrons. The van der Waals surface area contributed by atoms with E-state index in [9.17, 15) is 9.59 Å². The van der Waals surface area contributed by atoms with Gasteiger partial charge in [0.05, 0.1) is 7.11 Å². The van der Waals surface area contributed by atoms with Crippen LogP contribution in [0.4, 0.5) is 0 Å². The summed E-state index contributed by atoms with van der Waals surface area (Å²) in [6, 6.07) is 6.73. The first kappa shape index (κ1) is 16.0. The van der Waals surface area contributed by atoms with E-state index in [0.29, 0.717) is 5.75 Å². The summed E-state index contributed by atoms with van der Waals surface area (Å²) >= 11 is 0. The third-order valence-corrected chi connectivity index (χ3v) is 2.83. The normalized spacial score (nSPS) is 11.8. The molecule has 1 atom stereocenters. The molecule has 0 heterocycles. The monoisotopic (exact) mass is 279 g/mol. The molecular weight excluding hydrogens is 258 g/mol. The van der Waals surface area contributed by atoms with Gasteiger partial charge in [-0.25, -0.2) is 4.79 Å². The molecule has 5 nitrogen and oxygen atoms in total. The second-order valence-corrected chi connectivity index (χ2v) is 4.91. The second kappa shape index (κ2) is 7.53. The van der Waals surface area contributed by atoms with Gasteiger partial charge in [-0.1, -0.05) is 31.5 Å². The first-order chi connectivity index (χ1) is 9.43. The summed E-state index contributed by atoms with van der Waals surface area (Å²) in [5, 5.41) is 2.61. The average molecular weight is 279 g/mol. The lowest BCUT2D eigenvalue weighted by Gasteiger charge is -2.19. The molecule has 0 bridgehead atoms. The highest BCUT2D eigenvalue weighted by Gasteiger charge is 2.24. The van der Waals surface area contributed by atoms with Gasteiger partial charge in [0.25, 0.3) is 5.91 Å². The van der Waals surface area contributed by atoms with Crippen LogP contribution in [0.15, 0.2) is 24.3 Å². The molecule has 5 heteroatoms. The highest BCUT2D eigenvalue weighted by atomic mass is 16.5. The van der Waals surface area contributed by atoms with E-state index in [2.05, 4.69) is 10.1 Å². The molecule has 0 saturated carbocycles. The number of benzene rings is 1. The van der Waals surface area contributed by atoms with E-state index in [1.54, 1.807) is 12.1 Å². The van der Waals surface area contributed by atoms with Crippen LogP contribution in [0.5, 0.6) is 5.75 Å². The molecule has 0 fully saturated rings. The van der Waals surface area contributed by atoms with Crippen molar-refractivity contribution in [2.24, 2.45) is 5.92 Å². The minimum absolute atomic E-state index is 0.0502. The fourth-order valence-electron chi connectivity index (χ4n) is 1.62. The van der Waals surface area contributed by atoms with E-state index in [1.165, 1.54) is 7.11 Å². The molecular formula is C15H21NO4. The minimum Gasteiger partial charge on any atom is -0.484 e. The van der Waals surface area contributed by atoms with E-state index in [-0.39, 0.29) is 18.4 Å². The summed E-state index contributed by atoms with van der Waals surface area (Å²) in [7, 11) is 1.30. The van der Waals surface area contributed by atoms with Gasteiger partial charge in [0.1, 0.15) is 11.8 Å². The van der Waals surface area contributed by atoms with Crippen molar-refractivity contribution in [3.8, 4) is 5.75 Å². The number of aryl methyl sites for hydroxylation is 1. The Morgan fingerprint density at radius 1 is 1.20 bits per heavy atom. The van der Waals surface area contributed by atoms with Crippen LogP contribution < -0.4 is 10.1 Å². The second-order valence-electron chi connectivity index (χ2n) is 4.91. The molecule has 1 aromatic rings. The lowest BCUT2D eigenvalue weighted by molar-refractivity contribution is -0.146. The maximum absolute atomic E-state index is 11.8. The zero-order valence-electron chi connectivity index (χ0n) is 12.3. The molecule has 0 aliphatic carbocycles. The van der Waals surface area contributed by atoms with E-state index in [0.717, 1.165) is 5.56 Å². The third kappa shape index (κ3) is 4.91. The first-order valence-electron chi connectivity index (χ1n) is 6.50. The van der Waals surface area contributed by atoms with Crippen LogP contribution in [0.3, 0.4) is 0 Å². The zero-order chi connectivity index (χ0) is 15.1. The van der Waals surface area contributed by atoms with E-state index in [1.807, 2.05) is 32.9 Å². The Hall–Kier alpha value is -2.04. The van der Waals surface area contributed by atoms with Crippen LogP contribution in [-0.2, 0) is 14.3 Å². The fourth-order valence-corrected chi connectivity index (χ4v) is 1.62. The Labute approximate surface area is 119 Å². The maximum atomic E-state index is 11.8. The van der Waals surface area contributed by atoms with Crippen molar-refractivity contribution in [3.05, 3.63) is 29.8 Å². The SMILES string of the molecule is COC(=O)C(NC(=O)COc1ccc(C)cc1)C(C)C. The van der Waals surface area contributed by atoms with E-state index in [4.69, 9.17) is 4.74 Å². The van der Waals surface area contributed by atoms with Gasteiger partial charge < -0.3 is 14.8 Å². The third-order valence-electron chi connectivity index (χ3n) is 2.83. The summed E-state index contributed by atoms with van der Waals surface area (Å²) in [6.07, 6.45) is 0. The van der Waals surface area contributed by atoms with Gasteiger partial charge in [0.15, 0.2) is 6.61 Å². The van der Waals surface area contributed by atoms with Gasteiger partial charge in [-0.05, 0) is 25.0 Å². The van der Waals surface area contributed by atoms with Crippen molar-refractivity contribution in [1.29, 1.82) is 0 Å². The van der Waals surface area contributed by atoms with Crippen LogP contribution in [0.1, 0.15) is 19.4 Å². The fraction of sp³-hybridized carbons (Fsp3) is 0.467.